The maximum absolute atomic E-state index is 14.6. The molecule has 1 unspecified atom stereocenters. The highest BCUT2D eigenvalue weighted by molar-refractivity contribution is 7.99. The van der Waals surface area contributed by atoms with Crippen molar-refractivity contribution < 1.29 is 18.7 Å². The third-order valence-corrected chi connectivity index (χ3v) is 5.87. The van der Waals surface area contributed by atoms with E-state index < -0.39 is 23.6 Å². The summed E-state index contributed by atoms with van der Waals surface area (Å²) in [4.78, 5) is 30.1. The quantitative estimate of drug-likeness (QED) is 0.538. The molecule has 0 aromatic heterocycles. The Labute approximate surface area is 163 Å². The summed E-state index contributed by atoms with van der Waals surface area (Å²) in [6.45, 7) is 4.11. The van der Waals surface area contributed by atoms with E-state index in [2.05, 4.69) is 4.99 Å². The molecule has 0 fully saturated rings. The second-order valence-corrected chi connectivity index (χ2v) is 8.13. The van der Waals surface area contributed by atoms with Crippen molar-refractivity contribution >= 4 is 29.2 Å². The monoisotopic (exact) mass is 389 g/mol. The number of halogens is 1. The van der Waals surface area contributed by atoms with Gasteiger partial charge in [-0.05, 0) is 37.1 Å². The number of ketones is 1. The Morgan fingerprint density at radius 2 is 2.11 bits per heavy atom. The molecule has 1 aromatic carbocycles. The van der Waals surface area contributed by atoms with E-state index >= 15 is 0 Å². The van der Waals surface area contributed by atoms with Gasteiger partial charge in [-0.25, -0.2) is 4.39 Å². The summed E-state index contributed by atoms with van der Waals surface area (Å²) in [5.41, 5.74) is 2.13. The van der Waals surface area contributed by atoms with Gasteiger partial charge in [0.25, 0.3) is 0 Å². The van der Waals surface area contributed by atoms with Gasteiger partial charge in [-0.3, -0.25) is 14.6 Å². The van der Waals surface area contributed by atoms with E-state index in [1.807, 2.05) is 6.92 Å². The number of rotatable bonds is 6. The van der Waals surface area contributed by atoms with Gasteiger partial charge in [0, 0.05) is 35.1 Å². The summed E-state index contributed by atoms with van der Waals surface area (Å²) < 4.78 is 20.1. The lowest BCUT2D eigenvalue weighted by Gasteiger charge is -2.34. The first kappa shape index (κ1) is 19.8. The summed E-state index contributed by atoms with van der Waals surface area (Å²) in [7, 11) is 0. The zero-order chi connectivity index (χ0) is 19.4. The van der Waals surface area contributed by atoms with Gasteiger partial charge in [0.05, 0.1) is 0 Å². The Kier molecular flexibility index (Phi) is 6.47. The number of hydrogen-bond donors (Lipinski definition) is 0. The molecule has 4 nitrogen and oxygen atoms in total. The molecule has 3 rings (SSSR count). The molecule has 1 heterocycles. The molecule has 27 heavy (non-hydrogen) atoms. The van der Waals surface area contributed by atoms with E-state index in [-0.39, 0.29) is 5.78 Å². The SMILES string of the molecule is CCSCCOC(=O)C1C(C)=NC2=C(C(=O)CCC2)[C@H]1c1ccccc1F. The molecule has 0 saturated carbocycles. The van der Waals surface area contributed by atoms with Gasteiger partial charge in [-0.2, -0.15) is 11.8 Å². The number of esters is 1. The molecule has 0 saturated heterocycles. The normalized spacial score (nSPS) is 22.3. The number of Topliss-reactive ketones (excluding diaryl/α,β-unsaturated/α-hetero) is 1. The Balaban J connectivity index is 1.99. The zero-order valence-electron chi connectivity index (χ0n) is 15.7. The molecule has 144 valence electrons. The maximum Gasteiger partial charge on any atom is 0.315 e. The van der Waals surface area contributed by atoms with Crippen molar-refractivity contribution in [1.29, 1.82) is 0 Å². The van der Waals surface area contributed by atoms with Gasteiger partial charge in [-0.15, -0.1) is 0 Å². The van der Waals surface area contributed by atoms with Crippen LogP contribution in [-0.2, 0) is 14.3 Å². The molecule has 1 aliphatic carbocycles. The fourth-order valence-corrected chi connectivity index (χ4v) is 4.30. The first-order valence-electron chi connectivity index (χ1n) is 9.34. The minimum atomic E-state index is -0.769. The van der Waals surface area contributed by atoms with Crippen LogP contribution < -0.4 is 0 Å². The molecular formula is C21H24FNO3S. The van der Waals surface area contributed by atoms with E-state index in [9.17, 15) is 14.0 Å². The molecule has 2 aliphatic rings. The first-order valence-corrected chi connectivity index (χ1v) is 10.5. The van der Waals surface area contributed by atoms with Crippen molar-refractivity contribution in [2.24, 2.45) is 10.9 Å². The van der Waals surface area contributed by atoms with Crippen molar-refractivity contribution in [3.63, 3.8) is 0 Å². The largest absolute Gasteiger partial charge is 0.464 e. The van der Waals surface area contributed by atoms with Crippen molar-refractivity contribution in [3.05, 3.63) is 46.9 Å². The molecule has 0 spiro atoms. The highest BCUT2D eigenvalue weighted by Crippen LogP contribution is 2.44. The predicted molar refractivity (Wildman–Crippen MR) is 106 cm³/mol. The molecule has 0 bridgehead atoms. The van der Waals surface area contributed by atoms with Gasteiger partial charge in [0.2, 0.25) is 0 Å². The number of allylic oxidation sites excluding steroid dienone is 2. The van der Waals surface area contributed by atoms with Gasteiger partial charge in [-0.1, -0.05) is 25.1 Å². The number of nitrogens with zero attached hydrogens (tertiary/aromatic N) is 1. The highest BCUT2D eigenvalue weighted by Gasteiger charge is 2.44. The minimum Gasteiger partial charge on any atom is -0.464 e. The number of carbonyl (C=O) groups excluding carboxylic acids is 2. The van der Waals surface area contributed by atoms with Crippen molar-refractivity contribution in [2.45, 2.75) is 39.0 Å². The predicted octanol–water partition coefficient (Wildman–Crippen LogP) is 4.30. The summed E-state index contributed by atoms with van der Waals surface area (Å²) in [6.07, 6.45) is 1.83. The second-order valence-electron chi connectivity index (χ2n) is 6.73. The first-order chi connectivity index (χ1) is 13.0. The summed E-state index contributed by atoms with van der Waals surface area (Å²) in [5, 5.41) is 0. The number of benzene rings is 1. The molecule has 0 radical (unpaired) electrons. The fraction of sp³-hybridized carbons (Fsp3) is 0.476. The average molecular weight is 389 g/mol. The van der Waals surface area contributed by atoms with E-state index in [0.717, 1.165) is 12.2 Å². The molecule has 1 aromatic rings. The lowest BCUT2D eigenvalue weighted by Crippen LogP contribution is -2.37. The number of hydrogen-bond acceptors (Lipinski definition) is 5. The Hall–Kier alpha value is -1.95. The van der Waals surface area contributed by atoms with Crippen LogP contribution in [0, 0.1) is 11.7 Å². The summed E-state index contributed by atoms with van der Waals surface area (Å²) in [6, 6.07) is 6.35. The van der Waals surface area contributed by atoms with Gasteiger partial charge >= 0.3 is 5.97 Å². The minimum absolute atomic E-state index is 0.0416. The molecule has 1 aliphatic heterocycles. The Morgan fingerprint density at radius 1 is 1.33 bits per heavy atom. The van der Waals surface area contributed by atoms with Gasteiger partial charge in [0.15, 0.2) is 5.78 Å². The average Bonchev–Trinajstić information content (AvgIpc) is 2.65. The third-order valence-electron chi connectivity index (χ3n) is 5.00. The zero-order valence-corrected chi connectivity index (χ0v) is 16.5. The van der Waals surface area contributed by atoms with Crippen LogP contribution in [-0.4, -0.2) is 35.6 Å². The van der Waals surface area contributed by atoms with Crippen LogP contribution in [0.3, 0.4) is 0 Å². The van der Waals surface area contributed by atoms with E-state index in [1.165, 1.54) is 6.07 Å². The van der Waals surface area contributed by atoms with Crippen LogP contribution >= 0.6 is 11.8 Å². The lowest BCUT2D eigenvalue weighted by atomic mass is 9.71. The van der Waals surface area contributed by atoms with Crippen LogP contribution in [0.4, 0.5) is 4.39 Å². The summed E-state index contributed by atoms with van der Waals surface area (Å²) >= 11 is 1.68. The smallest absolute Gasteiger partial charge is 0.315 e. The molecular weight excluding hydrogens is 365 g/mol. The number of carbonyl (C=O) groups is 2. The topological polar surface area (TPSA) is 55.7 Å². The van der Waals surface area contributed by atoms with Crippen LogP contribution in [0.1, 0.15) is 44.6 Å². The fourth-order valence-electron chi connectivity index (χ4n) is 3.81. The van der Waals surface area contributed by atoms with Crippen LogP contribution in [0.2, 0.25) is 0 Å². The van der Waals surface area contributed by atoms with E-state index in [0.29, 0.717) is 47.7 Å². The van der Waals surface area contributed by atoms with Gasteiger partial charge in [0.1, 0.15) is 18.3 Å². The van der Waals surface area contributed by atoms with Crippen LogP contribution in [0.25, 0.3) is 0 Å². The maximum atomic E-state index is 14.6. The number of thioether (sulfide) groups is 1. The summed E-state index contributed by atoms with van der Waals surface area (Å²) in [5.74, 6) is -0.674. The van der Waals surface area contributed by atoms with Crippen molar-refractivity contribution in [1.82, 2.24) is 0 Å². The Morgan fingerprint density at radius 3 is 2.85 bits per heavy atom. The lowest BCUT2D eigenvalue weighted by molar-refractivity contribution is -0.145. The third kappa shape index (κ3) is 4.15. The van der Waals surface area contributed by atoms with Crippen molar-refractivity contribution in [3.8, 4) is 0 Å². The number of aliphatic imine (C=N–C) groups is 1. The second kappa shape index (κ2) is 8.83. The molecule has 2 atom stereocenters. The molecule has 6 heteroatoms. The molecule has 0 amide bonds. The van der Waals surface area contributed by atoms with Crippen LogP contribution in [0.15, 0.2) is 40.5 Å². The molecule has 0 N–H and O–H groups in total. The standard InChI is InChI=1S/C21H24FNO3S/c1-3-27-12-11-26-21(25)18-13(2)23-16-9-6-10-17(24)20(16)19(18)14-7-4-5-8-15(14)22/h4-5,7-8,18-19H,3,6,9-12H2,1-2H3/t18?,19-/m0/s1. The van der Waals surface area contributed by atoms with Crippen LogP contribution in [0.5, 0.6) is 0 Å². The highest BCUT2D eigenvalue weighted by atomic mass is 32.2. The number of ether oxygens (including phenoxy) is 1. The van der Waals surface area contributed by atoms with Gasteiger partial charge < -0.3 is 4.74 Å². The van der Waals surface area contributed by atoms with E-state index in [4.69, 9.17) is 4.74 Å². The van der Waals surface area contributed by atoms with Crippen molar-refractivity contribution in [2.75, 3.05) is 18.1 Å². The Bertz CT molecular complexity index is 802. The van der Waals surface area contributed by atoms with E-state index in [1.54, 1.807) is 36.9 Å².